The fourth-order valence-electron chi connectivity index (χ4n) is 1.74. The average Bonchev–Trinajstić information content (AvgIpc) is 2.97. The molecule has 0 aliphatic rings. The number of aliphatic carboxylic acids is 1. The van der Waals surface area contributed by atoms with Crippen molar-refractivity contribution in [1.82, 2.24) is 9.78 Å². The predicted molar refractivity (Wildman–Crippen MR) is 73.0 cm³/mol. The number of nitrogens with one attached hydrogen (secondary N) is 1. The third-order valence-corrected chi connectivity index (χ3v) is 2.75. The fraction of sp³-hybridized carbons (Fsp3) is 0.214. The van der Waals surface area contributed by atoms with Gasteiger partial charge >= 0.3 is 6.18 Å². The Morgan fingerprint density at radius 2 is 1.83 bits per heavy atom. The van der Waals surface area contributed by atoms with Gasteiger partial charge in [-0.15, -0.1) is 0 Å². The number of aromatic nitrogens is 2. The Balaban J connectivity index is 1.96. The molecule has 0 aliphatic carbocycles. The van der Waals surface area contributed by atoms with Crippen LogP contribution in [0.5, 0.6) is 0 Å². The van der Waals surface area contributed by atoms with Gasteiger partial charge in [-0.1, -0.05) is 0 Å². The zero-order chi connectivity index (χ0) is 17.7. The van der Waals surface area contributed by atoms with E-state index in [1.165, 1.54) is 30.5 Å². The number of rotatable bonds is 6. The van der Waals surface area contributed by atoms with Gasteiger partial charge in [0.15, 0.2) is 5.69 Å². The number of carbonyl (C=O) groups is 2. The molecule has 0 aliphatic heterocycles. The van der Waals surface area contributed by atoms with Crippen molar-refractivity contribution in [2.75, 3.05) is 18.5 Å². The van der Waals surface area contributed by atoms with Crippen molar-refractivity contribution in [3.8, 4) is 5.69 Å². The molecule has 0 saturated carbocycles. The maximum atomic E-state index is 12.5. The van der Waals surface area contributed by atoms with Crippen molar-refractivity contribution in [3.63, 3.8) is 0 Å². The number of hydrogen-bond acceptors (Lipinski definition) is 5. The summed E-state index contributed by atoms with van der Waals surface area (Å²) in [6.45, 7) is -1.17. The molecule has 1 N–H and O–H groups in total. The van der Waals surface area contributed by atoms with Gasteiger partial charge in [0, 0.05) is 11.9 Å². The van der Waals surface area contributed by atoms with Gasteiger partial charge < -0.3 is 20.0 Å². The second-order valence-corrected chi connectivity index (χ2v) is 4.60. The zero-order valence-electron chi connectivity index (χ0n) is 12.0. The number of benzene rings is 1. The van der Waals surface area contributed by atoms with E-state index in [0.29, 0.717) is 11.4 Å². The minimum Gasteiger partial charge on any atom is -0.548 e. The molecule has 0 spiro atoms. The Labute approximate surface area is 133 Å². The Bertz CT molecular complexity index is 726. The Hall–Kier alpha value is -2.88. The van der Waals surface area contributed by atoms with Crippen LogP contribution in [0.25, 0.3) is 5.69 Å². The van der Waals surface area contributed by atoms with Crippen molar-refractivity contribution in [2.45, 2.75) is 6.18 Å². The first-order valence-electron chi connectivity index (χ1n) is 6.56. The van der Waals surface area contributed by atoms with Crippen LogP contribution >= 0.6 is 0 Å². The first-order valence-corrected chi connectivity index (χ1v) is 6.56. The molecule has 1 aromatic heterocycles. The lowest BCUT2D eigenvalue weighted by molar-refractivity contribution is -0.309. The van der Waals surface area contributed by atoms with E-state index in [1.807, 2.05) is 0 Å². The van der Waals surface area contributed by atoms with E-state index in [9.17, 15) is 27.9 Å². The number of ether oxygens (including phenoxy) is 1. The third-order valence-electron chi connectivity index (χ3n) is 2.75. The highest BCUT2D eigenvalue weighted by Gasteiger charge is 2.33. The van der Waals surface area contributed by atoms with Crippen LogP contribution in [0, 0.1) is 0 Å². The van der Waals surface area contributed by atoms with Crippen LogP contribution in [-0.4, -0.2) is 34.9 Å². The molecule has 2 aromatic rings. The van der Waals surface area contributed by atoms with Crippen molar-refractivity contribution in [1.29, 1.82) is 0 Å². The molecule has 0 unspecified atom stereocenters. The quantitative estimate of drug-likeness (QED) is 0.829. The zero-order valence-corrected chi connectivity index (χ0v) is 12.0. The first-order chi connectivity index (χ1) is 11.3. The van der Waals surface area contributed by atoms with Crippen molar-refractivity contribution < 1.29 is 32.6 Å². The number of alkyl halides is 3. The molecule has 0 bridgehead atoms. The maximum absolute atomic E-state index is 12.5. The van der Waals surface area contributed by atoms with Gasteiger partial charge in [0.25, 0.3) is 0 Å². The highest BCUT2D eigenvalue weighted by molar-refractivity contribution is 5.91. The lowest BCUT2D eigenvalue weighted by Crippen LogP contribution is -2.29. The fourth-order valence-corrected chi connectivity index (χ4v) is 1.74. The molecule has 1 amide bonds. The van der Waals surface area contributed by atoms with Crippen LogP contribution in [-0.2, 0) is 20.5 Å². The molecule has 24 heavy (non-hydrogen) atoms. The van der Waals surface area contributed by atoms with Gasteiger partial charge in [-0.25, -0.2) is 4.68 Å². The molecule has 0 radical (unpaired) electrons. The molecule has 0 fully saturated rings. The summed E-state index contributed by atoms with van der Waals surface area (Å²) in [6.07, 6.45) is -3.35. The van der Waals surface area contributed by atoms with Crippen LogP contribution in [0.1, 0.15) is 5.69 Å². The number of carboxylic acids is 1. The van der Waals surface area contributed by atoms with Crippen LogP contribution in [0.2, 0.25) is 0 Å². The number of amides is 1. The molecule has 1 aromatic carbocycles. The Kier molecular flexibility index (Phi) is 5.19. The van der Waals surface area contributed by atoms with E-state index in [-0.39, 0.29) is 0 Å². The summed E-state index contributed by atoms with van der Waals surface area (Å²) in [6, 6.07) is 6.70. The number of carbonyl (C=O) groups excluding carboxylic acids is 2. The van der Waals surface area contributed by atoms with Gasteiger partial charge in [0.2, 0.25) is 5.91 Å². The molecule has 10 heteroatoms. The van der Waals surface area contributed by atoms with Gasteiger partial charge in [0.1, 0.15) is 6.61 Å². The first kappa shape index (κ1) is 17.5. The summed E-state index contributed by atoms with van der Waals surface area (Å²) in [5.41, 5.74) is -0.273. The van der Waals surface area contributed by atoms with E-state index < -0.39 is 37.0 Å². The summed E-state index contributed by atoms with van der Waals surface area (Å²) in [5, 5.41) is 16.0. The lowest BCUT2D eigenvalue weighted by Gasteiger charge is -2.08. The second-order valence-electron chi connectivity index (χ2n) is 4.60. The molecule has 1 heterocycles. The van der Waals surface area contributed by atoms with Gasteiger partial charge in [-0.05, 0) is 30.3 Å². The number of carboxylic acid groups (broad SMARTS) is 1. The normalized spacial score (nSPS) is 11.3. The van der Waals surface area contributed by atoms with Gasteiger partial charge in [-0.3, -0.25) is 4.79 Å². The smallest absolute Gasteiger partial charge is 0.435 e. The lowest BCUT2D eigenvalue weighted by atomic mass is 10.3. The molecule has 0 atom stereocenters. The van der Waals surface area contributed by atoms with E-state index in [1.54, 1.807) is 0 Å². The van der Waals surface area contributed by atoms with E-state index in [0.717, 1.165) is 10.7 Å². The van der Waals surface area contributed by atoms with Crippen molar-refractivity contribution in [3.05, 3.63) is 42.2 Å². The largest absolute Gasteiger partial charge is 0.548 e. The summed E-state index contributed by atoms with van der Waals surface area (Å²) >= 11 is 0. The topological polar surface area (TPSA) is 96.3 Å². The highest BCUT2D eigenvalue weighted by atomic mass is 19.4. The third kappa shape index (κ3) is 4.81. The monoisotopic (exact) mass is 342 g/mol. The van der Waals surface area contributed by atoms with Gasteiger partial charge in [0.05, 0.1) is 18.3 Å². The minimum absolute atomic E-state index is 0.365. The molecular weight excluding hydrogens is 331 g/mol. The predicted octanol–water partition coefficient (Wildman–Crippen LogP) is 0.596. The van der Waals surface area contributed by atoms with Crippen molar-refractivity contribution >= 4 is 17.6 Å². The summed E-state index contributed by atoms with van der Waals surface area (Å²) in [5.74, 6) is -2.02. The second kappa shape index (κ2) is 7.13. The van der Waals surface area contributed by atoms with Gasteiger partial charge in [-0.2, -0.15) is 18.3 Å². The average molecular weight is 342 g/mol. The van der Waals surface area contributed by atoms with Crippen LogP contribution in [0.3, 0.4) is 0 Å². The van der Waals surface area contributed by atoms with Crippen LogP contribution in [0.4, 0.5) is 18.9 Å². The number of anilines is 1. The maximum Gasteiger partial charge on any atom is 0.435 e. The summed E-state index contributed by atoms with van der Waals surface area (Å²) in [4.78, 5) is 21.6. The van der Waals surface area contributed by atoms with E-state index >= 15 is 0 Å². The summed E-state index contributed by atoms with van der Waals surface area (Å²) < 4.78 is 43.1. The Morgan fingerprint density at radius 3 is 2.38 bits per heavy atom. The van der Waals surface area contributed by atoms with Crippen LogP contribution in [0.15, 0.2) is 36.5 Å². The minimum atomic E-state index is -4.52. The number of nitrogens with zero attached hydrogens (tertiary/aromatic N) is 2. The molecule has 2 rings (SSSR count). The molecular formula is C14H11F3N3O4-. The van der Waals surface area contributed by atoms with E-state index in [2.05, 4.69) is 15.2 Å². The van der Waals surface area contributed by atoms with Crippen molar-refractivity contribution in [2.24, 2.45) is 0 Å². The molecule has 128 valence electrons. The summed E-state index contributed by atoms with van der Waals surface area (Å²) in [7, 11) is 0. The van der Waals surface area contributed by atoms with E-state index in [4.69, 9.17) is 0 Å². The SMILES string of the molecule is O=C([O-])COCC(=O)Nc1ccc(-n2ccc(C(F)(F)F)n2)cc1. The molecule has 0 saturated heterocycles. The highest BCUT2D eigenvalue weighted by Crippen LogP contribution is 2.27. The standard InChI is InChI=1S/C14H12F3N3O4/c15-14(16,17)11-5-6-20(19-11)10-3-1-9(2-4-10)18-12(21)7-24-8-13(22)23/h1-6H,7-8H2,(H,18,21)(H,22,23)/p-1. The Morgan fingerprint density at radius 1 is 1.17 bits per heavy atom. The van der Waals surface area contributed by atoms with Crippen LogP contribution < -0.4 is 10.4 Å². The molecule has 7 nitrogen and oxygen atoms in total. The number of hydrogen-bond donors (Lipinski definition) is 1. The number of halogens is 3.